The lowest BCUT2D eigenvalue weighted by atomic mass is 9.66. The normalized spacial score (nSPS) is 17.9. The van der Waals surface area contributed by atoms with Crippen LogP contribution in [0.4, 0.5) is 0 Å². The Labute approximate surface area is 220 Å². The Hall–Kier alpha value is -4.37. The smallest absolute Gasteiger partial charge is 0.150 e. The van der Waals surface area contributed by atoms with Crippen LogP contribution in [0.15, 0.2) is 132 Å². The third kappa shape index (κ3) is 4.27. The van der Waals surface area contributed by atoms with Crippen molar-refractivity contribution in [2.75, 3.05) is 0 Å². The van der Waals surface area contributed by atoms with Crippen molar-refractivity contribution < 1.29 is 0 Å². The predicted molar refractivity (Wildman–Crippen MR) is 159 cm³/mol. The van der Waals surface area contributed by atoms with Crippen LogP contribution in [0.2, 0.25) is 0 Å². The zero-order chi connectivity index (χ0) is 26.4. The summed E-state index contributed by atoms with van der Waals surface area (Å²) in [5.41, 5.74) is 15.9. The number of nitrogens with zero attached hydrogens (tertiary/aromatic N) is 1. The van der Waals surface area contributed by atoms with E-state index < -0.39 is 5.41 Å². The van der Waals surface area contributed by atoms with Crippen molar-refractivity contribution in [2.45, 2.75) is 32.6 Å². The third-order valence-electron chi connectivity index (χ3n) is 7.08. The van der Waals surface area contributed by atoms with Gasteiger partial charge in [-0.3, -0.25) is 0 Å². The topological polar surface area (TPSA) is 64.4 Å². The summed E-state index contributed by atoms with van der Waals surface area (Å²) in [5, 5.41) is 3.71. The number of fused-ring (bicyclic) bond motifs is 3. The lowest BCUT2D eigenvalue weighted by Gasteiger charge is -2.35. The highest BCUT2D eigenvalue weighted by Gasteiger charge is 2.47. The van der Waals surface area contributed by atoms with Gasteiger partial charge in [0, 0.05) is 5.56 Å². The van der Waals surface area contributed by atoms with Gasteiger partial charge in [0.25, 0.3) is 0 Å². The molecule has 4 rings (SSSR count). The van der Waals surface area contributed by atoms with E-state index in [4.69, 9.17) is 11.6 Å². The van der Waals surface area contributed by atoms with Crippen molar-refractivity contribution in [1.82, 2.24) is 0 Å². The Morgan fingerprint density at radius 2 is 1.68 bits per heavy atom. The Morgan fingerprint density at radius 3 is 2.38 bits per heavy atom. The summed E-state index contributed by atoms with van der Waals surface area (Å²) in [5.74, 6) is 5.80. The van der Waals surface area contributed by atoms with Crippen LogP contribution in [-0.4, -0.2) is 5.84 Å². The first-order valence-electron chi connectivity index (χ1n) is 12.7. The molecule has 0 bridgehead atoms. The molecule has 0 saturated carbocycles. The summed E-state index contributed by atoms with van der Waals surface area (Å²) in [6, 6.07) is 23.4. The molecule has 37 heavy (non-hydrogen) atoms. The van der Waals surface area contributed by atoms with E-state index in [1.165, 1.54) is 27.8 Å². The van der Waals surface area contributed by atoms with Crippen LogP contribution >= 0.6 is 0 Å². The number of allylic oxidation sites excluding steroid dienone is 9. The van der Waals surface area contributed by atoms with E-state index in [-0.39, 0.29) is 0 Å². The fourth-order valence-corrected chi connectivity index (χ4v) is 5.51. The Morgan fingerprint density at radius 1 is 0.946 bits per heavy atom. The SMILES string of the molecule is C=C/C(=C\C=C/C)C1(C(/C=C\CC)=C/C)c2ccccc2-c2c(-c3cccc(/C(N)=N/N)c3)cccc21. The van der Waals surface area contributed by atoms with E-state index in [0.29, 0.717) is 5.84 Å². The highest BCUT2D eigenvalue weighted by molar-refractivity contribution is 6.00. The zero-order valence-corrected chi connectivity index (χ0v) is 21.9. The number of hydrogen-bond donors (Lipinski definition) is 2. The molecule has 0 heterocycles. The van der Waals surface area contributed by atoms with Crippen molar-refractivity contribution >= 4 is 5.84 Å². The summed E-state index contributed by atoms with van der Waals surface area (Å²) in [7, 11) is 0. The summed E-state index contributed by atoms with van der Waals surface area (Å²) in [4.78, 5) is 0. The first kappa shape index (κ1) is 25.7. The monoisotopic (exact) mass is 485 g/mol. The van der Waals surface area contributed by atoms with Gasteiger partial charge in [-0.1, -0.05) is 117 Å². The van der Waals surface area contributed by atoms with Gasteiger partial charge in [-0.15, -0.1) is 0 Å². The Balaban J connectivity index is 2.16. The number of hydrogen-bond acceptors (Lipinski definition) is 2. The molecule has 0 aromatic heterocycles. The molecule has 0 radical (unpaired) electrons. The molecule has 0 amide bonds. The van der Waals surface area contributed by atoms with E-state index in [0.717, 1.165) is 28.7 Å². The molecule has 1 unspecified atom stereocenters. The minimum absolute atomic E-state index is 0.313. The quantitative estimate of drug-likeness (QED) is 0.112. The fourth-order valence-electron chi connectivity index (χ4n) is 5.51. The molecule has 3 heteroatoms. The number of rotatable bonds is 8. The molecule has 1 aliphatic carbocycles. The highest BCUT2D eigenvalue weighted by atomic mass is 15.1. The maximum absolute atomic E-state index is 6.07. The molecule has 0 spiro atoms. The van der Waals surface area contributed by atoms with E-state index >= 15 is 0 Å². The van der Waals surface area contributed by atoms with Gasteiger partial charge in [0.1, 0.15) is 5.84 Å². The van der Waals surface area contributed by atoms with Crippen LogP contribution in [-0.2, 0) is 5.41 Å². The number of nitrogens with two attached hydrogens (primary N) is 2. The molecule has 1 aliphatic rings. The molecule has 3 aromatic carbocycles. The van der Waals surface area contributed by atoms with E-state index in [9.17, 15) is 0 Å². The van der Waals surface area contributed by atoms with Gasteiger partial charge in [-0.25, -0.2) is 0 Å². The predicted octanol–water partition coefficient (Wildman–Crippen LogP) is 7.80. The molecular weight excluding hydrogens is 450 g/mol. The molecule has 4 N–H and O–H groups in total. The van der Waals surface area contributed by atoms with Crippen LogP contribution in [0.1, 0.15) is 43.9 Å². The molecule has 0 fully saturated rings. The second-order valence-corrected chi connectivity index (χ2v) is 9.03. The third-order valence-corrected chi connectivity index (χ3v) is 7.08. The van der Waals surface area contributed by atoms with Gasteiger partial charge in [0.15, 0.2) is 0 Å². The molecule has 186 valence electrons. The van der Waals surface area contributed by atoms with Crippen LogP contribution < -0.4 is 11.6 Å². The first-order chi connectivity index (χ1) is 18.1. The van der Waals surface area contributed by atoms with Crippen molar-refractivity contribution in [3.63, 3.8) is 0 Å². The minimum Gasteiger partial charge on any atom is -0.382 e. The molecule has 3 nitrogen and oxygen atoms in total. The summed E-state index contributed by atoms with van der Waals surface area (Å²) in [6.07, 6.45) is 16.0. The number of benzene rings is 3. The van der Waals surface area contributed by atoms with Crippen molar-refractivity contribution in [3.8, 4) is 22.3 Å². The number of amidine groups is 1. The van der Waals surface area contributed by atoms with Crippen molar-refractivity contribution in [1.29, 1.82) is 0 Å². The van der Waals surface area contributed by atoms with Gasteiger partial charge < -0.3 is 11.6 Å². The van der Waals surface area contributed by atoms with Crippen LogP contribution in [0, 0.1) is 0 Å². The molecule has 0 saturated heterocycles. The maximum Gasteiger partial charge on any atom is 0.150 e. The van der Waals surface area contributed by atoms with Gasteiger partial charge in [0.2, 0.25) is 0 Å². The van der Waals surface area contributed by atoms with Crippen LogP contribution in [0.5, 0.6) is 0 Å². The Kier molecular flexibility index (Phi) is 7.74. The van der Waals surface area contributed by atoms with Crippen LogP contribution in [0.25, 0.3) is 22.3 Å². The standard InChI is InChI=1S/C34H35N3/c1-5-9-17-26(7-3)34(27(8-4)18-10-6-2)30-21-12-11-19-29(30)32-28(20-14-22-31(32)34)24-15-13-16-25(23-24)33(35)37-36/h5,7-23H,3,6,36H2,1-2,4H3,(H2,35,37)/b9-5-,18-10-,26-17+,27-8+. The Bertz CT molecular complexity index is 1470. The lowest BCUT2D eigenvalue weighted by molar-refractivity contribution is 0.763. The second kappa shape index (κ2) is 11.1. The largest absolute Gasteiger partial charge is 0.382 e. The molecule has 1 atom stereocenters. The first-order valence-corrected chi connectivity index (χ1v) is 12.7. The fraction of sp³-hybridized carbons (Fsp3) is 0.147. The van der Waals surface area contributed by atoms with Gasteiger partial charge in [-0.2, -0.15) is 5.10 Å². The van der Waals surface area contributed by atoms with E-state index in [2.05, 4.69) is 117 Å². The molecule has 0 aliphatic heterocycles. The summed E-state index contributed by atoms with van der Waals surface area (Å²) in [6.45, 7) is 10.6. The summed E-state index contributed by atoms with van der Waals surface area (Å²) < 4.78 is 0. The zero-order valence-electron chi connectivity index (χ0n) is 21.9. The highest BCUT2D eigenvalue weighted by Crippen LogP contribution is 2.59. The average molecular weight is 486 g/mol. The van der Waals surface area contributed by atoms with E-state index in [1.54, 1.807) is 0 Å². The molecule has 3 aromatic rings. The lowest BCUT2D eigenvalue weighted by Crippen LogP contribution is -2.29. The van der Waals surface area contributed by atoms with Crippen molar-refractivity contribution in [3.05, 3.63) is 144 Å². The average Bonchev–Trinajstić information content (AvgIpc) is 3.25. The van der Waals surface area contributed by atoms with Crippen molar-refractivity contribution in [2.24, 2.45) is 16.7 Å². The minimum atomic E-state index is -0.501. The van der Waals surface area contributed by atoms with Gasteiger partial charge >= 0.3 is 0 Å². The van der Waals surface area contributed by atoms with Crippen LogP contribution in [0.3, 0.4) is 0 Å². The summed E-state index contributed by atoms with van der Waals surface area (Å²) >= 11 is 0. The van der Waals surface area contributed by atoms with E-state index in [1.807, 2.05) is 25.1 Å². The van der Waals surface area contributed by atoms with Gasteiger partial charge in [0.05, 0.1) is 5.41 Å². The second-order valence-electron chi connectivity index (χ2n) is 9.03. The number of hydrazone groups is 1. The maximum atomic E-state index is 6.07. The van der Waals surface area contributed by atoms with Gasteiger partial charge in [-0.05, 0) is 70.9 Å². The molecular formula is C34H35N3.